The number of benzene rings is 1. The van der Waals surface area contributed by atoms with Crippen molar-refractivity contribution >= 4 is 27.6 Å². The van der Waals surface area contributed by atoms with Gasteiger partial charge in [0.25, 0.3) is 0 Å². The first-order chi connectivity index (χ1) is 16.2. The van der Waals surface area contributed by atoms with Crippen molar-refractivity contribution in [3.8, 4) is 0 Å². The van der Waals surface area contributed by atoms with Gasteiger partial charge in [0.05, 0.1) is 18.4 Å². The lowest BCUT2D eigenvalue weighted by Crippen LogP contribution is -2.49. The average Bonchev–Trinajstić information content (AvgIpc) is 3.53. The Hall–Kier alpha value is -2.59. The molecule has 0 unspecified atom stereocenters. The number of urea groups is 1. The van der Waals surface area contributed by atoms with Crippen LogP contribution in [0.2, 0.25) is 0 Å². The summed E-state index contributed by atoms with van der Waals surface area (Å²) in [6.45, 7) is 3.34. The van der Waals surface area contributed by atoms with Gasteiger partial charge in [-0.2, -0.15) is 13.5 Å². The average molecular weight is 487 g/mol. The van der Waals surface area contributed by atoms with E-state index in [2.05, 4.69) is 33.0 Å². The fourth-order valence-corrected chi connectivity index (χ4v) is 7.06. The summed E-state index contributed by atoms with van der Waals surface area (Å²) >= 11 is 0. The van der Waals surface area contributed by atoms with E-state index < -0.39 is 16.2 Å². The van der Waals surface area contributed by atoms with E-state index in [1.54, 1.807) is 17.9 Å². The van der Waals surface area contributed by atoms with E-state index in [0.29, 0.717) is 11.6 Å². The Morgan fingerprint density at radius 2 is 1.82 bits per heavy atom. The van der Waals surface area contributed by atoms with Gasteiger partial charge < -0.3 is 10.2 Å². The zero-order valence-corrected chi connectivity index (χ0v) is 21.0. The first kappa shape index (κ1) is 23.2. The van der Waals surface area contributed by atoms with Gasteiger partial charge in [-0.3, -0.25) is 4.68 Å². The number of carbonyl (C=O) groups is 1. The smallest absolute Gasteiger partial charge is 0.307 e. The zero-order valence-electron chi connectivity index (χ0n) is 20.2. The summed E-state index contributed by atoms with van der Waals surface area (Å²) in [4.78, 5) is 15.2. The quantitative estimate of drug-likeness (QED) is 0.654. The Morgan fingerprint density at radius 3 is 2.38 bits per heavy atom. The summed E-state index contributed by atoms with van der Waals surface area (Å²) < 4.78 is 32.1. The van der Waals surface area contributed by atoms with E-state index in [1.807, 2.05) is 7.05 Å². The summed E-state index contributed by atoms with van der Waals surface area (Å²) in [5.74, 6) is 0.493. The van der Waals surface area contributed by atoms with Gasteiger partial charge >= 0.3 is 16.2 Å². The topological polar surface area (TPSA) is 99.6 Å². The number of aryl methyl sites for hydroxylation is 3. The molecule has 0 spiro atoms. The molecule has 0 bridgehead atoms. The highest BCUT2D eigenvalue weighted by atomic mass is 32.2. The van der Waals surface area contributed by atoms with E-state index >= 15 is 0 Å². The minimum Gasteiger partial charge on any atom is -0.307 e. The summed E-state index contributed by atoms with van der Waals surface area (Å²) in [7, 11) is -0.389. The van der Waals surface area contributed by atoms with Crippen LogP contribution in [-0.4, -0.2) is 55.3 Å². The van der Waals surface area contributed by atoms with Crippen LogP contribution in [0, 0.1) is 5.92 Å². The van der Waals surface area contributed by atoms with Crippen molar-refractivity contribution in [3.05, 3.63) is 40.7 Å². The maximum atomic E-state index is 13.5. The second kappa shape index (κ2) is 8.88. The minimum absolute atomic E-state index is 0.0653. The molecule has 1 aliphatic heterocycles. The third kappa shape index (κ3) is 4.40. The lowest BCUT2D eigenvalue weighted by molar-refractivity contribution is 0.256. The third-order valence-electron chi connectivity index (χ3n) is 7.48. The van der Waals surface area contributed by atoms with Crippen LogP contribution in [0.5, 0.6) is 0 Å². The highest BCUT2D eigenvalue weighted by molar-refractivity contribution is 7.91. The van der Waals surface area contributed by atoms with Crippen molar-refractivity contribution in [1.29, 1.82) is 0 Å². The van der Waals surface area contributed by atoms with Gasteiger partial charge in [-0.05, 0) is 80.2 Å². The van der Waals surface area contributed by atoms with Gasteiger partial charge in [-0.25, -0.2) is 13.8 Å². The standard InChI is InChI=1S/C24H34N6O3S/c1-16-10-19(28(2)13-16)15-30(20-12-25-29(3)14-20)34(32,33)27-24(31)26-23-21-8-4-6-17(21)11-18-7-5-9-22(18)23/h11-12,14,16,19H,4-10,13,15H2,1-3H3,(H2,26,27,31)/t16-,19-/m1/s1. The molecule has 9 nitrogen and oxygen atoms in total. The Morgan fingerprint density at radius 1 is 1.15 bits per heavy atom. The van der Waals surface area contributed by atoms with Crippen LogP contribution in [0.15, 0.2) is 18.5 Å². The molecule has 2 heterocycles. The van der Waals surface area contributed by atoms with E-state index in [1.165, 1.54) is 32.8 Å². The molecule has 2 N–H and O–H groups in total. The molecule has 0 saturated carbocycles. The van der Waals surface area contributed by atoms with Crippen LogP contribution in [0.4, 0.5) is 16.2 Å². The molecule has 34 heavy (non-hydrogen) atoms. The highest BCUT2D eigenvalue weighted by Gasteiger charge is 2.34. The first-order valence-electron chi connectivity index (χ1n) is 12.2. The van der Waals surface area contributed by atoms with E-state index in [0.717, 1.165) is 57.2 Å². The van der Waals surface area contributed by atoms with Gasteiger partial charge in [0.2, 0.25) is 0 Å². The van der Waals surface area contributed by atoms with Crippen LogP contribution in [0.25, 0.3) is 0 Å². The van der Waals surface area contributed by atoms with E-state index in [9.17, 15) is 13.2 Å². The molecule has 1 aromatic carbocycles. The van der Waals surface area contributed by atoms with E-state index in [-0.39, 0.29) is 12.6 Å². The second-order valence-corrected chi connectivity index (χ2v) is 11.7. The van der Waals surface area contributed by atoms with Crippen molar-refractivity contribution in [1.82, 2.24) is 19.4 Å². The zero-order chi connectivity index (χ0) is 24.0. The highest BCUT2D eigenvalue weighted by Crippen LogP contribution is 2.38. The monoisotopic (exact) mass is 486 g/mol. The molecule has 3 aliphatic rings. The normalized spacial score (nSPS) is 22.0. The summed E-state index contributed by atoms with van der Waals surface area (Å²) in [5.41, 5.74) is 6.17. The Kier molecular flexibility index (Phi) is 6.05. The van der Waals surface area contributed by atoms with Crippen molar-refractivity contribution in [2.24, 2.45) is 13.0 Å². The maximum Gasteiger partial charge on any atom is 0.334 e. The molecule has 2 aromatic rings. The van der Waals surface area contributed by atoms with Crippen LogP contribution < -0.4 is 14.3 Å². The number of anilines is 2. The molecule has 2 aliphatic carbocycles. The largest absolute Gasteiger partial charge is 0.334 e. The molecular weight excluding hydrogens is 452 g/mol. The third-order valence-corrected chi connectivity index (χ3v) is 8.86. The van der Waals surface area contributed by atoms with Gasteiger partial charge in [0.15, 0.2) is 0 Å². The second-order valence-electron chi connectivity index (χ2n) is 10.1. The molecule has 2 amide bonds. The summed E-state index contributed by atoms with van der Waals surface area (Å²) in [6, 6.07) is 1.64. The van der Waals surface area contributed by atoms with Crippen molar-refractivity contribution in [2.75, 3.05) is 29.8 Å². The number of aromatic nitrogens is 2. The van der Waals surface area contributed by atoms with Gasteiger partial charge in [0.1, 0.15) is 0 Å². The lowest BCUT2D eigenvalue weighted by Gasteiger charge is -2.29. The summed E-state index contributed by atoms with van der Waals surface area (Å²) in [5, 5.41) is 7.09. The molecular formula is C24H34N6O3S. The predicted molar refractivity (Wildman–Crippen MR) is 132 cm³/mol. The molecule has 1 saturated heterocycles. The molecule has 2 atom stereocenters. The number of nitrogens with one attached hydrogen (secondary N) is 2. The lowest BCUT2D eigenvalue weighted by atomic mass is 9.99. The number of likely N-dealkylation sites (N-methyl/N-ethyl adjacent to an activating group) is 1. The van der Waals surface area contributed by atoms with E-state index in [4.69, 9.17) is 0 Å². The Labute approximate surface area is 201 Å². The number of amides is 2. The van der Waals surface area contributed by atoms with Crippen molar-refractivity contribution in [3.63, 3.8) is 0 Å². The Balaban J connectivity index is 1.38. The molecule has 184 valence electrons. The van der Waals surface area contributed by atoms with Gasteiger partial charge in [-0.1, -0.05) is 13.0 Å². The summed E-state index contributed by atoms with van der Waals surface area (Å²) in [6.07, 6.45) is 10.1. The van der Waals surface area contributed by atoms with Crippen LogP contribution in [0.1, 0.15) is 48.4 Å². The fraction of sp³-hybridized carbons (Fsp3) is 0.583. The van der Waals surface area contributed by atoms with Crippen LogP contribution >= 0.6 is 0 Å². The SMILES string of the molecule is C[C@@H]1C[C@H](CN(c2cnn(C)c2)S(=O)(=O)NC(=O)Nc2c3c(cc4c2CCC4)CCC3)N(C)C1. The van der Waals surface area contributed by atoms with Crippen LogP contribution in [-0.2, 0) is 42.9 Å². The number of rotatable bonds is 6. The molecule has 5 rings (SSSR count). The fourth-order valence-electron chi connectivity index (χ4n) is 5.92. The number of nitrogens with zero attached hydrogens (tertiary/aromatic N) is 4. The minimum atomic E-state index is -4.15. The number of fused-ring (bicyclic) bond motifs is 2. The molecule has 1 aromatic heterocycles. The predicted octanol–water partition coefficient (Wildman–Crippen LogP) is 2.61. The van der Waals surface area contributed by atoms with Crippen molar-refractivity contribution in [2.45, 2.75) is 57.9 Å². The number of carbonyl (C=O) groups excluding carboxylic acids is 1. The number of hydrogen-bond donors (Lipinski definition) is 2. The molecule has 1 fully saturated rings. The van der Waals surface area contributed by atoms with Crippen LogP contribution in [0.3, 0.4) is 0 Å². The number of likely N-dealkylation sites (tertiary alicyclic amines) is 1. The van der Waals surface area contributed by atoms with Crippen molar-refractivity contribution < 1.29 is 13.2 Å². The first-order valence-corrected chi connectivity index (χ1v) is 13.6. The number of hydrogen-bond acceptors (Lipinski definition) is 5. The van der Waals surface area contributed by atoms with Gasteiger partial charge in [0, 0.05) is 31.5 Å². The Bertz CT molecular complexity index is 1180. The molecule has 10 heteroatoms. The molecule has 0 radical (unpaired) electrons. The van der Waals surface area contributed by atoms with Gasteiger partial charge in [-0.15, -0.1) is 0 Å². The maximum absolute atomic E-state index is 13.5.